The van der Waals surface area contributed by atoms with E-state index in [1.165, 1.54) is 18.3 Å². The molecule has 7 nitrogen and oxygen atoms in total. The zero-order valence-electron chi connectivity index (χ0n) is 10.1. The summed E-state index contributed by atoms with van der Waals surface area (Å²) in [4.78, 5) is 24.8. The van der Waals surface area contributed by atoms with Gasteiger partial charge in [-0.15, -0.1) is 0 Å². The molecule has 0 aliphatic heterocycles. The SMILES string of the molecule is O=C(O)c1cc(Oc2ncc(Cl)cc2Cl)ccc1[N+](=O)[O-]. The number of aromatic nitrogens is 1. The molecule has 1 aromatic carbocycles. The van der Waals surface area contributed by atoms with Crippen LogP contribution in [0.5, 0.6) is 11.6 Å². The van der Waals surface area contributed by atoms with Crippen LogP contribution in [0.1, 0.15) is 10.4 Å². The normalized spacial score (nSPS) is 10.2. The van der Waals surface area contributed by atoms with Gasteiger partial charge in [0.2, 0.25) is 5.88 Å². The summed E-state index contributed by atoms with van der Waals surface area (Å²) >= 11 is 11.6. The van der Waals surface area contributed by atoms with Crippen molar-refractivity contribution < 1.29 is 19.6 Å². The zero-order valence-corrected chi connectivity index (χ0v) is 11.6. The Morgan fingerprint density at radius 3 is 2.62 bits per heavy atom. The minimum Gasteiger partial charge on any atom is -0.477 e. The third-order valence-corrected chi connectivity index (χ3v) is 2.86. The van der Waals surface area contributed by atoms with Crippen molar-refractivity contribution in [3.05, 3.63) is 56.2 Å². The van der Waals surface area contributed by atoms with Gasteiger partial charge in [-0.25, -0.2) is 9.78 Å². The van der Waals surface area contributed by atoms with Gasteiger partial charge in [-0.3, -0.25) is 10.1 Å². The van der Waals surface area contributed by atoms with Gasteiger partial charge in [0.25, 0.3) is 5.69 Å². The summed E-state index contributed by atoms with van der Waals surface area (Å²) in [6.45, 7) is 0. The number of nitro benzene ring substituents is 1. The number of nitrogens with zero attached hydrogens (tertiary/aromatic N) is 2. The van der Waals surface area contributed by atoms with E-state index in [1.807, 2.05) is 0 Å². The van der Waals surface area contributed by atoms with Crippen LogP contribution in [0.4, 0.5) is 5.69 Å². The number of hydrogen-bond donors (Lipinski definition) is 1. The van der Waals surface area contributed by atoms with E-state index in [-0.39, 0.29) is 16.7 Å². The fourth-order valence-corrected chi connectivity index (χ4v) is 1.92. The number of halogens is 2. The Bertz CT molecular complexity index is 736. The van der Waals surface area contributed by atoms with E-state index in [2.05, 4.69) is 4.98 Å². The number of carboxylic acid groups (broad SMARTS) is 1. The lowest BCUT2D eigenvalue weighted by atomic mass is 10.1. The number of aromatic carboxylic acids is 1. The Morgan fingerprint density at radius 2 is 2.05 bits per heavy atom. The highest BCUT2D eigenvalue weighted by Crippen LogP contribution is 2.31. The standard InChI is InChI=1S/C12H6Cl2N2O5/c13-6-3-9(14)11(15-5-6)21-7-1-2-10(16(19)20)8(4-7)12(17)18/h1-5H,(H,17,18). The Hall–Kier alpha value is -2.38. The molecule has 1 N–H and O–H groups in total. The van der Waals surface area contributed by atoms with Crippen LogP contribution in [0, 0.1) is 10.1 Å². The van der Waals surface area contributed by atoms with Crippen LogP contribution in [0.25, 0.3) is 0 Å². The molecule has 0 unspecified atom stereocenters. The molecule has 1 heterocycles. The number of nitro groups is 1. The Kier molecular flexibility index (Phi) is 4.25. The lowest BCUT2D eigenvalue weighted by molar-refractivity contribution is -0.385. The molecule has 1 aromatic heterocycles. The molecular formula is C12H6Cl2N2O5. The molecule has 2 rings (SSSR count). The number of carboxylic acids is 1. The third kappa shape index (κ3) is 3.39. The summed E-state index contributed by atoms with van der Waals surface area (Å²) in [6, 6.07) is 4.70. The number of pyridine rings is 1. The second-order valence-electron chi connectivity index (χ2n) is 3.78. The van der Waals surface area contributed by atoms with E-state index in [0.717, 1.165) is 12.1 Å². The van der Waals surface area contributed by atoms with Gasteiger partial charge in [0.1, 0.15) is 16.3 Å². The summed E-state index contributed by atoms with van der Waals surface area (Å²) in [7, 11) is 0. The van der Waals surface area contributed by atoms with Crippen LogP contribution >= 0.6 is 23.2 Å². The van der Waals surface area contributed by atoms with Crippen molar-refractivity contribution >= 4 is 34.9 Å². The van der Waals surface area contributed by atoms with Gasteiger partial charge in [-0.2, -0.15) is 0 Å². The molecule has 0 saturated heterocycles. The first kappa shape index (κ1) is 15.0. The summed E-state index contributed by atoms with van der Waals surface area (Å²) in [6.07, 6.45) is 1.30. The molecule has 0 fully saturated rings. The highest BCUT2D eigenvalue weighted by atomic mass is 35.5. The first-order valence-corrected chi connectivity index (χ1v) is 6.14. The van der Waals surface area contributed by atoms with Gasteiger partial charge < -0.3 is 9.84 Å². The van der Waals surface area contributed by atoms with E-state index >= 15 is 0 Å². The average molecular weight is 329 g/mol. The molecule has 0 radical (unpaired) electrons. The molecule has 0 saturated carbocycles. The molecule has 0 atom stereocenters. The van der Waals surface area contributed by atoms with Gasteiger partial charge >= 0.3 is 5.97 Å². The highest BCUT2D eigenvalue weighted by Gasteiger charge is 2.21. The van der Waals surface area contributed by atoms with Gasteiger partial charge in [-0.1, -0.05) is 23.2 Å². The second kappa shape index (κ2) is 5.94. The summed E-state index contributed by atoms with van der Waals surface area (Å²) in [5.41, 5.74) is -1.03. The monoisotopic (exact) mass is 328 g/mol. The Morgan fingerprint density at radius 1 is 1.33 bits per heavy atom. The molecule has 0 spiro atoms. The van der Waals surface area contributed by atoms with Gasteiger partial charge in [0.15, 0.2) is 0 Å². The Labute approximate surface area is 127 Å². The number of carbonyl (C=O) groups is 1. The maximum atomic E-state index is 11.0. The Balaban J connectivity index is 2.39. The van der Waals surface area contributed by atoms with E-state index in [4.69, 9.17) is 33.0 Å². The first-order chi connectivity index (χ1) is 9.88. The molecule has 0 aliphatic carbocycles. The van der Waals surface area contributed by atoms with Crippen LogP contribution in [-0.2, 0) is 0 Å². The second-order valence-corrected chi connectivity index (χ2v) is 4.63. The highest BCUT2D eigenvalue weighted by molar-refractivity contribution is 6.35. The molecule has 0 amide bonds. The zero-order chi connectivity index (χ0) is 15.6. The minimum absolute atomic E-state index is 0.00579. The van der Waals surface area contributed by atoms with Gasteiger partial charge in [0, 0.05) is 18.3 Å². The summed E-state index contributed by atoms with van der Waals surface area (Å²) < 4.78 is 5.30. The molecule has 2 aromatic rings. The molecule has 21 heavy (non-hydrogen) atoms. The van der Waals surface area contributed by atoms with Gasteiger partial charge in [0.05, 0.1) is 9.95 Å². The number of ether oxygens (including phenoxy) is 1. The van der Waals surface area contributed by atoms with Crippen molar-refractivity contribution in [3.63, 3.8) is 0 Å². The minimum atomic E-state index is -1.44. The van der Waals surface area contributed by atoms with Crippen molar-refractivity contribution in [3.8, 4) is 11.6 Å². The van der Waals surface area contributed by atoms with Crippen LogP contribution < -0.4 is 4.74 Å². The fraction of sp³-hybridized carbons (Fsp3) is 0. The maximum absolute atomic E-state index is 11.0. The van der Waals surface area contributed by atoms with Crippen LogP contribution in [0.15, 0.2) is 30.5 Å². The van der Waals surface area contributed by atoms with Crippen molar-refractivity contribution in [1.82, 2.24) is 4.98 Å². The first-order valence-electron chi connectivity index (χ1n) is 5.39. The van der Waals surface area contributed by atoms with E-state index in [0.29, 0.717) is 5.02 Å². The van der Waals surface area contributed by atoms with Crippen molar-refractivity contribution in [2.24, 2.45) is 0 Å². The molecule has 0 bridgehead atoms. The molecule has 108 valence electrons. The van der Waals surface area contributed by atoms with Crippen LogP contribution in [-0.4, -0.2) is 21.0 Å². The lowest BCUT2D eigenvalue weighted by Crippen LogP contribution is -2.03. The molecule has 9 heteroatoms. The topological polar surface area (TPSA) is 103 Å². The van der Waals surface area contributed by atoms with E-state index in [9.17, 15) is 14.9 Å². The predicted molar refractivity (Wildman–Crippen MR) is 74.4 cm³/mol. The summed E-state index contributed by atoms with van der Waals surface area (Å²) in [5, 5.41) is 20.1. The maximum Gasteiger partial charge on any atom is 0.342 e. The van der Waals surface area contributed by atoms with Crippen LogP contribution in [0.3, 0.4) is 0 Å². The molecular weight excluding hydrogens is 323 g/mol. The van der Waals surface area contributed by atoms with Crippen molar-refractivity contribution in [2.45, 2.75) is 0 Å². The van der Waals surface area contributed by atoms with Crippen molar-refractivity contribution in [1.29, 1.82) is 0 Å². The largest absolute Gasteiger partial charge is 0.477 e. The lowest BCUT2D eigenvalue weighted by Gasteiger charge is -2.07. The average Bonchev–Trinajstić information content (AvgIpc) is 2.41. The van der Waals surface area contributed by atoms with Crippen LogP contribution in [0.2, 0.25) is 10.0 Å². The van der Waals surface area contributed by atoms with Gasteiger partial charge in [-0.05, 0) is 12.1 Å². The smallest absolute Gasteiger partial charge is 0.342 e. The number of hydrogen-bond acceptors (Lipinski definition) is 5. The number of rotatable bonds is 4. The quantitative estimate of drug-likeness (QED) is 0.676. The predicted octanol–water partition coefficient (Wildman–Crippen LogP) is 3.79. The fourth-order valence-electron chi connectivity index (χ4n) is 1.50. The number of benzene rings is 1. The van der Waals surface area contributed by atoms with Crippen molar-refractivity contribution in [2.75, 3.05) is 0 Å². The molecule has 0 aliphatic rings. The van der Waals surface area contributed by atoms with E-state index in [1.54, 1.807) is 0 Å². The third-order valence-electron chi connectivity index (χ3n) is 2.38. The summed E-state index contributed by atoms with van der Waals surface area (Å²) in [5.74, 6) is -1.39. The van der Waals surface area contributed by atoms with E-state index < -0.39 is 22.1 Å².